The fraction of sp³-hybridized carbons (Fsp3) is 0.500. The van der Waals surface area contributed by atoms with Crippen LogP contribution in [-0.4, -0.2) is 28.5 Å². The van der Waals surface area contributed by atoms with Gasteiger partial charge >= 0.3 is 0 Å². The normalized spacial score (nSPS) is 14.9. The Labute approximate surface area is 88.3 Å². The molecule has 1 aliphatic rings. The van der Waals surface area contributed by atoms with Crippen molar-refractivity contribution >= 4 is 11.6 Å². The zero-order valence-corrected chi connectivity index (χ0v) is 8.44. The standard InChI is InChI=1S/C10H14N4O/c15-10(3-4-13-8-1-2-8)14-9-5-11-7-12-6-9/h5-8,13H,1-4H2,(H,14,15). The van der Waals surface area contributed by atoms with Crippen LogP contribution in [-0.2, 0) is 4.79 Å². The van der Waals surface area contributed by atoms with Crippen molar-refractivity contribution in [3.63, 3.8) is 0 Å². The average molecular weight is 206 g/mol. The maximum absolute atomic E-state index is 11.4. The zero-order chi connectivity index (χ0) is 10.5. The summed E-state index contributed by atoms with van der Waals surface area (Å²) in [7, 11) is 0. The van der Waals surface area contributed by atoms with Gasteiger partial charge in [-0.15, -0.1) is 0 Å². The van der Waals surface area contributed by atoms with E-state index in [-0.39, 0.29) is 5.91 Å². The predicted octanol–water partition coefficient (Wildman–Crippen LogP) is 0.557. The molecule has 15 heavy (non-hydrogen) atoms. The summed E-state index contributed by atoms with van der Waals surface area (Å²) in [4.78, 5) is 19.0. The molecule has 5 nitrogen and oxygen atoms in total. The average Bonchev–Trinajstić information content (AvgIpc) is 3.03. The molecule has 2 N–H and O–H groups in total. The highest BCUT2D eigenvalue weighted by molar-refractivity contribution is 5.90. The Bertz CT molecular complexity index is 323. The lowest BCUT2D eigenvalue weighted by molar-refractivity contribution is -0.116. The quantitative estimate of drug-likeness (QED) is 0.738. The van der Waals surface area contributed by atoms with Crippen LogP contribution in [0.3, 0.4) is 0 Å². The number of aromatic nitrogens is 2. The summed E-state index contributed by atoms with van der Waals surface area (Å²) in [6, 6.07) is 0.651. The van der Waals surface area contributed by atoms with E-state index in [4.69, 9.17) is 0 Å². The third-order valence-corrected chi connectivity index (χ3v) is 2.21. The van der Waals surface area contributed by atoms with Crippen molar-refractivity contribution in [1.82, 2.24) is 15.3 Å². The predicted molar refractivity (Wildman–Crippen MR) is 56.3 cm³/mol. The first-order valence-electron chi connectivity index (χ1n) is 5.13. The van der Waals surface area contributed by atoms with Gasteiger partial charge in [-0.1, -0.05) is 0 Å². The minimum absolute atomic E-state index is 0.00190. The van der Waals surface area contributed by atoms with Crippen LogP contribution < -0.4 is 10.6 Å². The Balaban J connectivity index is 1.67. The first kappa shape index (κ1) is 10.0. The van der Waals surface area contributed by atoms with Crippen LogP contribution in [0.1, 0.15) is 19.3 Å². The summed E-state index contributed by atoms with van der Waals surface area (Å²) in [5, 5.41) is 6.01. The number of carbonyl (C=O) groups is 1. The Kier molecular flexibility index (Phi) is 3.24. The summed E-state index contributed by atoms with van der Waals surface area (Å²) in [5.41, 5.74) is 0.647. The fourth-order valence-electron chi connectivity index (χ4n) is 1.26. The molecule has 0 spiro atoms. The van der Waals surface area contributed by atoms with Gasteiger partial charge in [0.15, 0.2) is 0 Å². The number of nitrogens with zero attached hydrogens (tertiary/aromatic N) is 2. The number of nitrogens with one attached hydrogen (secondary N) is 2. The van der Waals surface area contributed by atoms with Crippen molar-refractivity contribution in [2.75, 3.05) is 11.9 Å². The Morgan fingerprint density at radius 1 is 1.40 bits per heavy atom. The second kappa shape index (κ2) is 4.84. The van der Waals surface area contributed by atoms with E-state index in [1.165, 1.54) is 19.2 Å². The van der Waals surface area contributed by atoms with E-state index in [9.17, 15) is 4.79 Å². The molecule has 1 aromatic heterocycles. The number of amides is 1. The van der Waals surface area contributed by atoms with Gasteiger partial charge in [-0.2, -0.15) is 0 Å². The molecule has 5 heteroatoms. The van der Waals surface area contributed by atoms with E-state index in [1.54, 1.807) is 12.4 Å². The van der Waals surface area contributed by atoms with E-state index >= 15 is 0 Å². The first-order valence-corrected chi connectivity index (χ1v) is 5.13. The van der Waals surface area contributed by atoms with E-state index < -0.39 is 0 Å². The monoisotopic (exact) mass is 206 g/mol. The van der Waals surface area contributed by atoms with Gasteiger partial charge in [-0.3, -0.25) is 4.79 Å². The molecule has 0 bridgehead atoms. The Hall–Kier alpha value is -1.49. The van der Waals surface area contributed by atoms with Gasteiger partial charge in [0.2, 0.25) is 5.91 Å². The molecule has 2 rings (SSSR count). The van der Waals surface area contributed by atoms with Crippen LogP contribution >= 0.6 is 0 Å². The second-order valence-corrected chi connectivity index (χ2v) is 3.65. The van der Waals surface area contributed by atoms with Gasteiger partial charge in [0.1, 0.15) is 6.33 Å². The molecular weight excluding hydrogens is 192 g/mol. The van der Waals surface area contributed by atoms with Gasteiger partial charge in [0.05, 0.1) is 18.1 Å². The molecule has 0 unspecified atom stereocenters. The number of hydrogen-bond acceptors (Lipinski definition) is 4. The summed E-state index contributed by atoms with van der Waals surface area (Å²) in [6.45, 7) is 0.740. The maximum Gasteiger partial charge on any atom is 0.225 e. The van der Waals surface area contributed by atoms with Crippen LogP contribution in [0, 0.1) is 0 Å². The molecule has 1 heterocycles. The van der Waals surface area contributed by atoms with E-state index in [0.29, 0.717) is 18.2 Å². The first-order chi connectivity index (χ1) is 7.34. The third kappa shape index (κ3) is 3.63. The maximum atomic E-state index is 11.4. The second-order valence-electron chi connectivity index (χ2n) is 3.65. The van der Waals surface area contributed by atoms with Crippen molar-refractivity contribution in [2.45, 2.75) is 25.3 Å². The summed E-state index contributed by atoms with van der Waals surface area (Å²) >= 11 is 0. The van der Waals surface area contributed by atoms with Gasteiger partial charge < -0.3 is 10.6 Å². The lowest BCUT2D eigenvalue weighted by Gasteiger charge is -2.04. The van der Waals surface area contributed by atoms with Crippen LogP contribution in [0.25, 0.3) is 0 Å². The number of rotatable bonds is 5. The molecule has 1 aromatic rings. The van der Waals surface area contributed by atoms with Crippen molar-refractivity contribution in [3.05, 3.63) is 18.7 Å². The van der Waals surface area contributed by atoms with E-state index in [1.807, 2.05) is 0 Å². The molecule has 1 aliphatic carbocycles. The van der Waals surface area contributed by atoms with Crippen LogP contribution in [0.2, 0.25) is 0 Å². The molecule has 0 atom stereocenters. The Morgan fingerprint density at radius 2 is 2.13 bits per heavy atom. The molecule has 1 fully saturated rings. The minimum atomic E-state index is -0.00190. The van der Waals surface area contributed by atoms with Gasteiger partial charge in [0.25, 0.3) is 0 Å². The van der Waals surface area contributed by atoms with Crippen LogP contribution in [0.5, 0.6) is 0 Å². The van der Waals surface area contributed by atoms with Gasteiger partial charge in [-0.05, 0) is 12.8 Å². The summed E-state index contributed by atoms with van der Waals surface area (Å²) < 4.78 is 0. The van der Waals surface area contributed by atoms with Gasteiger partial charge in [0, 0.05) is 19.0 Å². The lowest BCUT2D eigenvalue weighted by atomic mass is 10.3. The molecule has 0 radical (unpaired) electrons. The topological polar surface area (TPSA) is 66.9 Å². The lowest BCUT2D eigenvalue weighted by Crippen LogP contribution is -2.23. The highest BCUT2D eigenvalue weighted by Gasteiger charge is 2.19. The molecular formula is C10H14N4O. The Morgan fingerprint density at radius 3 is 2.80 bits per heavy atom. The van der Waals surface area contributed by atoms with Crippen molar-refractivity contribution < 1.29 is 4.79 Å². The molecule has 0 aromatic carbocycles. The number of carbonyl (C=O) groups excluding carboxylic acids is 1. The van der Waals surface area contributed by atoms with Crippen LogP contribution in [0.15, 0.2) is 18.7 Å². The van der Waals surface area contributed by atoms with E-state index in [2.05, 4.69) is 20.6 Å². The number of hydrogen-bond donors (Lipinski definition) is 2. The summed E-state index contributed by atoms with van der Waals surface area (Å²) in [5.74, 6) is -0.00190. The highest BCUT2D eigenvalue weighted by Crippen LogP contribution is 2.18. The zero-order valence-electron chi connectivity index (χ0n) is 8.44. The van der Waals surface area contributed by atoms with Gasteiger partial charge in [-0.25, -0.2) is 9.97 Å². The number of anilines is 1. The molecule has 1 amide bonds. The molecule has 0 saturated heterocycles. The molecule has 0 aliphatic heterocycles. The summed E-state index contributed by atoms with van der Waals surface area (Å²) in [6.07, 6.45) is 7.58. The third-order valence-electron chi connectivity index (χ3n) is 2.21. The fourth-order valence-corrected chi connectivity index (χ4v) is 1.26. The van der Waals surface area contributed by atoms with Crippen molar-refractivity contribution in [2.24, 2.45) is 0 Å². The molecule has 1 saturated carbocycles. The minimum Gasteiger partial charge on any atom is -0.323 e. The largest absolute Gasteiger partial charge is 0.323 e. The van der Waals surface area contributed by atoms with Crippen LogP contribution in [0.4, 0.5) is 5.69 Å². The van der Waals surface area contributed by atoms with E-state index in [0.717, 1.165) is 6.54 Å². The molecule has 80 valence electrons. The smallest absolute Gasteiger partial charge is 0.225 e. The SMILES string of the molecule is O=C(CCNC1CC1)Nc1cncnc1. The highest BCUT2D eigenvalue weighted by atomic mass is 16.1. The van der Waals surface area contributed by atoms with Crippen molar-refractivity contribution in [3.8, 4) is 0 Å². The van der Waals surface area contributed by atoms with Crippen molar-refractivity contribution in [1.29, 1.82) is 0 Å².